The SMILES string of the molecule is O=C(CNc1nc(Br)cs1)NC1CC1. The Bertz CT molecular complexity index is 337. The Labute approximate surface area is 94.2 Å². The number of carbonyl (C=O) groups excluding carboxylic acids is 1. The normalized spacial score (nSPS) is 15.2. The minimum Gasteiger partial charge on any atom is -0.352 e. The van der Waals surface area contributed by atoms with Gasteiger partial charge >= 0.3 is 0 Å². The first-order valence-electron chi connectivity index (χ1n) is 4.38. The molecule has 1 aliphatic rings. The Morgan fingerprint density at radius 2 is 2.50 bits per heavy atom. The summed E-state index contributed by atoms with van der Waals surface area (Å²) in [6.07, 6.45) is 2.24. The molecule has 0 radical (unpaired) electrons. The first-order chi connectivity index (χ1) is 6.74. The fourth-order valence-corrected chi connectivity index (χ4v) is 2.14. The first-order valence-corrected chi connectivity index (χ1v) is 6.05. The van der Waals surface area contributed by atoms with Crippen LogP contribution in [0.15, 0.2) is 9.98 Å². The van der Waals surface area contributed by atoms with E-state index >= 15 is 0 Å². The van der Waals surface area contributed by atoms with Crippen LogP contribution >= 0.6 is 27.3 Å². The van der Waals surface area contributed by atoms with Gasteiger partial charge in [0.05, 0.1) is 6.54 Å². The lowest BCUT2D eigenvalue weighted by molar-refractivity contribution is -0.119. The van der Waals surface area contributed by atoms with Crippen molar-refractivity contribution in [1.82, 2.24) is 10.3 Å². The van der Waals surface area contributed by atoms with Crippen molar-refractivity contribution in [1.29, 1.82) is 0 Å². The van der Waals surface area contributed by atoms with Crippen LogP contribution in [0, 0.1) is 0 Å². The molecule has 1 aromatic rings. The van der Waals surface area contributed by atoms with E-state index in [0.717, 1.165) is 22.6 Å². The molecule has 1 aliphatic carbocycles. The molecule has 4 nitrogen and oxygen atoms in total. The molecule has 0 aliphatic heterocycles. The summed E-state index contributed by atoms with van der Waals surface area (Å²) in [4.78, 5) is 15.4. The predicted octanol–water partition coefficient (Wildman–Crippen LogP) is 1.60. The zero-order valence-corrected chi connectivity index (χ0v) is 9.82. The van der Waals surface area contributed by atoms with Gasteiger partial charge in [-0.2, -0.15) is 0 Å². The van der Waals surface area contributed by atoms with E-state index in [2.05, 4.69) is 31.5 Å². The van der Waals surface area contributed by atoms with Gasteiger partial charge in [-0.25, -0.2) is 4.98 Å². The van der Waals surface area contributed by atoms with Crippen LogP contribution in [0.5, 0.6) is 0 Å². The zero-order chi connectivity index (χ0) is 9.97. The van der Waals surface area contributed by atoms with Gasteiger partial charge in [-0.3, -0.25) is 4.79 Å². The fraction of sp³-hybridized carbons (Fsp3) is 0.500. The van der Waals surface area contributed by atoms with Crippen molar-refractivity contribution in [3.63, 3.8) is 0 Å². The zero-order valence-electron chi connectivity index (χ0n) is 7.42. The molecule has 1 amide bonds. The van der Waals surface area contributed by atoms with E-state index in [1.165, 1.54) is 11.3 Å². The van der Waals surface area contributed by atoms with Crippen molar-refractivity contribution in [2.45, 2.75) is 18.9 Å². The van der Waals surface area contributed by atoms with Gasteiger partial charge in [-0.1, -0.05) is 0 Å². The van der Waals surface area contributed by atoms with Crippen molar-refractivity contribution in [2.75, 3.05) is 11.9 Å². The minimum absolute atomic E-state index is 0.0406. The third-order valence-electron chi connectivity index (χ3n) is 1.82. The second-order valence-corrected chi connectivity index (χ2v) is 4.84. The molecule has 14 heavy (non-hydrogen) atoms. The van der Waals surface area contributed by atoms with Gasteiger partial charge in [0, 0.05) is 11.4 Å². The molecule has 1 aromatic heterocycles. The quantitative estimate of drug-likeness (QED) is 0.878. The summed E-state index contributed by atoms with van der Waals surface area (Å²) in [5, 5.41) is 8.50. The van der Waals surface area contributed by atoms with Crippen LogP contribution in [-0.4, -0.2) is 23.5 Å². The van der Waals surface area contributed by atoms with Crippen LogP contribution in [0.25, 0.3) is 0 Å². The summed E-state index contributed by atoms with van der Waals surface area (Å²) in [6, 6.07) is 0.423. The first kappa shape index (κ1) is 9.92. The molecule has 2 N–H and O–H groups in total. The number of carbonyl (C=O) groups is 1. The maximum atomic E-state index is 11.3. The molecule has 0 spiro atoms. The minimum atomic E-state index is 0.0406. The van der Waals surface area contributed by atoms with Gasteiger partial charge in [-0.15, -0.1) is 11.3 Å². The number of aromatic nitrogens is 1. The van der Waals surface area contributed by atoms with Crippen molar-refractivity contribution < 1.29 is 4.79 Å². The number of rotatable bonds is 4. The smallest absolute Gasteiger partial charge is 0.239 e. The summed E-state index contributed by atoms with van der Waals surface area (Å²) >= 11 is 4.73. The highest BCUT2D eigenvalue weighted by molar-refractivity contribution is 9.10. The number of thiazole rings is 1. The maximum absolute atomic E-state index is 11.3. The van der Waals surface area contributed by atoms with E-state index in [0.29, 0.717) is 12.6 Å². The molecule has 2 rings (SSSR count). The van der Waals surface area contributed by atoms with Crippen LogP contribution in [0.2, 0.25) is 0 Å². The van der Waals surface area contributed by atoms with Crippen molar-refractivity contribution in [3.05, 3.63) is 9.98 Å². The number of hydrogen-bond acceptors (Lipinski definition) is 4. The number of anilines is 1. The molecular formula is C8H10BrN3OS. The molecular weight excluding hydrogens is 266 g/mol. The topological polar surface area (TPSA) is 54.0 Å². The van der Waals surface area contributed by atoms with Crippen molar-refractivity contribution >= 4 is 38.3 Å². The van der Waals surface area contributed by atoms with Crippen molar-refractivity contribution in [3.8, 4) is 0 Å². The Morgan fingerprint density at radius 3 is 3.07 bits per heavy atom. The second-order valence-electron chi connectivity index (χ2n) is 3.17. The molecule has 0 unspecified atom stereocenters. The highest BCUT2D eigenvalue weighted by Gasteiger charge is 2.22. The highest BCUT2D eigenvalue weighted by Crippen LogP contribution is 2.20. The van der Waals surface area contributed by atoms with E-state index < -0.39 is 0 Å². The van der Waals surface area contributed by atoms with Crippen LogP contribution in [-0.2, 0) is 4.79 Å². The summed E-state index contributed by atoms with van der Waals surface area (Å²) in [7, 11) is 0. The molecule has 0 atom stereocenters. The van der Waals surface area contributed by atoms with Crippen molar-refractivity contribution in [2.24, 2.45) is 0 Å². The third-order valence-corrected chi connectivity index (χ3v) is 3.33. The molecule has 1 heterocycles. The third kappa shape index (κ3) is 2.95. The summed E-state index contributed by atoms with van der Waals surface area (Å²) in [5.41, 5.74) is 0. The molecule has 0 aromatic carbocycles. The number of amides is 1. The number of hydrogen-bond donors (Lipinski definition) is 2. The average Bonchev–Trinajstić information content (AvgIpc) is 2.85. The summed E-state index contributed by atoms with van der Waals surface area (Å²) < 4.78 is 0.799. The maximum Gasteiger partial charge on any atom is 0.239 e. The fourth-order valence-electron chi connectivity index (χ4n) is 0.998. The molecule has 0 saturated heterocycles. The van der Waals surface area contributed by atoms with Gasteiger partial charge in [-0.05, 0) is 28.8 Å². The van der Waals surface area contributed by atoms with Gasteiger partial charge in [0.2, 0.25) is 5.91 Å². The predicted molar refractivity (Wildman–Crippen MR) is 59.5 cm³/mol. The van der Waals surface area contributed by atoms with Crippen LogP contribution in [0.3, 0.4) is 0 Å². The van der Waals surface area contributed by atoms with E-state index in [1.807, 2.05) is 5.38 Å². The van der Waals surface area contributed by atoms with Crippen LogP contribution < -0.4 is 10.6 Å². The van der Waals surface area contributed by atoms with E-state index in [-0.39, 0.29) is 5.91 Å². The Balaban J connectivity index is 1.73. The lowest BCUT2D eigenvalue weighted by Gasteiger charge is -2.03. The average molecular weight is 276 g/mol. The lowest BCUT2D eigenvalue weighted by atomic mass is 10.5. The largest absolute Gasteiger partial charge is 0.352 e. The number of nitrogens with zero attached hydrogens (tertiary/aromatic N) is 1. The highest BCUT2D eigenvalue weighted by atomic mass is 79.9. The standard InChI is InChI=1S/C8H10BrN3OS/c9-6-4-14-8(12-6)10-3-7(13)11-5-1-2-5/h4-5H,1-3H2,(H,10,12)(H,11,13). The number of halogens is 1. The van der Waals surface area contributed by atoms with Gasteiger partial charge in [0.1, 0.15) is 4.60 Å². The molecule has 0 bridgehead atoms. The summed E-state index contributed by atoms with van der Waals surface area (Å²) in [6.45, 7) is 0.302. The van der Waals surface area contributed by atoms with Crippen LogP contribution in [0.4, 0.5) is 5.13 Å². The Kier molecular flexibility index (Phi) is 3.02. The van der Waals surface area contributed by atoms with Gasteiger partial charge < -0.3 is 10.6 Å². The van der Waals surface area contributed by atoms with E-state index in [4.69, 9.17) is 0 Å². The van der Waals surface area contributed by atoms with Gasteiger partial charge in [0.15, 0.2) is 5.13 Å². The van der Waals surface area contributed by atoms with E-state index in [9.17, 15) is 4.79 Å². The molecule has 1 fully saturated rings. The van der Waals surface area contributed by atoms with Gasteiger partial charge in [0.25, 0.3) is 0 Å². The second kappa shape index (κ2) is 4.27. The monoisotopic (exact) mass is 275 g/mol. The summed E-state index contributed by atoms with van der Waals surface area (Å²) in [5.74, 6) is 0.0406. The van der Waals surface area contributed by atoms with E-state index in [1.54, 1.807) is 0 Å². The number of nitrogens with one attached hydrogen (secondary N) is 2. The molecule has 1 saturated carbocycles. The van der Waals surface area contributed by atoms with Crippen LogP contribution in [0.1, 0.15) is 12.8 Å². The lowest BCUT2D eigenvalue weighted by Crippen LogP contribution is -2.31. The molecule has 6 heteroatoms. The molecule has 76 valence electrons. The Morgan fingerprint density at radius 1 is 1.71 bits per heavy atom. The Hall–Kier alpha value is -0.620.